The van der Waals surface area contributed by atoms with Crippen LogP contribution in [0.3, 0.4) is 0 Å². The lowest BCUT2D eigenvalue weighted by Gasteiger charge is -2.27. The Balaban J connectivity index is 1.48. The fourth-order valence-corrected chi connectivity index (χ4v) is 5.63. The molecule has 15 heteroatoms. The number of Topliss-reactive ketones (excluding diaryl/α,β-unsaturated/α-hetero) is 1. The van der Waals surface area contributed by atoms with Gasteiger partial charge in [0, 0.05) is 43.9 Å². The van der Waals surface area contributed by atoms with Gasteiger partial charge in [0.15, 0.2) is 11.5 Å². The lowest BCUT2D eigenvalue weighted by atomic mass is 9.86. The molecule has 0 unspecified atom stereocenters. The maximum absolute atomic E-state index is 14.4. The Hall–Kier alpha value is -3.62. The minimum Gasteiger partial charge on any atom is -0.491 e. The number of hydrogen-bond acceptors (Lipinski definition) is 7. The number of aromatic nitrogens is 4. The van der Waals surface area contributed by atoms with E-state index in [9.17, 15) is 18.0 Å². The number of ether oxygens (including phenoxy) is 4. The Morgan fingerprint density at radius 2 is 1.70 bits per heavy atom. The van der Waals surface area contributed by atoms with Crippen molar-refractivity contribution >= 4 is 29.0 Å². The molecule has 0 fully saturated rings. The van der Waals surface area contributed by atoms with E-state index in [1.54, 1.807) is 66.0 Å². The van der Waals surface area contributed by atoms with Crippen LogP contribution in [0.4, 0.5) is 13.2 Å². The van der Waals surface area contributed by atoms with Crippen LogP contribution >= 0.6 is 23.2 Å². The van der Waals surface area contributed by atoms with E-state index >= 15 is 0 Å². The molecule has 5 rings (SSSR count). The molecule has 0 spiro atoms. The highest BCUT2D eigenvalue weighted by Crippen LogP contribution is 2.44. The van der Waals surface area contributed by atoms with Crippen LogP contribution in [-0.4, -0.2) is 71.4 Å². The topological polar surface area (TPSA) is 106 Å². The maximum atomic E-state index is 14.4. The SMILES string of the molecule is COCCOCCOCCn1cc(-c2cc(Cn3ccn(C)c3=N)cc3c2OC[C@@H](Cc2ccc(Cl)c(Cl)c2)C3=O)c(C(F)(F)F)n1. The summed E-state index contributed by atoms with van der Waals surface area (Å²) in [5, 5.41) is 12.9. The van der Waals surface area contributed by atoms with Gasteiger partial charge in [-0.2, -0.15) is 18.3 Å². The molecule has 0 radical (unpaired) electrons. The van der Waals surface area contributed by atoms with Crippen molar-refractivity contribution in [1.82, 2.24) is 18.9 Å². The predicted molar refractivity (Wildman–Crippen MR) is 168 cm³/mol. The van der Waals surface area contributed by atoms with Crippen LogP contribution in [0.15, 0.2) is 48.9 Å². The number of carbonyl (C=O) groups is 1. The Kier molecular flexibility index (Phi) is 11.1. The van der Waals surface area contributed by atoms with Gasteiger partial charge in [-0.1, -0.05) is 29.3 Å². The van der Waals surface area contributed by atoms with Crippen molar-refractivity contribution in [2.45, 2.75) is 25.7 Å². The van der Waals surface area contributed by atoms with E-state index in [1.165, 1.54) is 10.9 Å². The van der Waals surface area contributed by atoms with Gasteiger partial charge < -0.3 is 28.1 Å². The zero-order valence-corrected chi connectivity index (χ0v) is 27.3. The lowest BCUT2D eigenvalue weighted by Crippen LogP contribution is -2.30. The van der Waals surface area contributed by atoms with Crippen molar-refractivity contribution < 1.29 is 36.9 Å². The summed E-state index contributed by atoms with van der Waals surface area (Å²) in [6.45, 7) is 1.68. The number of aryl methyl sites for hydroxylation is 1. The number of halogens is 5. The summed E-state index contributed by atoms with van der Waals surface area (Å²) in [7, 11) is 3.28. The van der Waals surface area contributed by atoms with Crippen LogP contribution < -0.4 is 10.4 Å². The summed E-state index contributed by atoms with van der Waals surface area (Å²) in [5.74, 6) is -0.825. The Morgan fingerprint density at radius 1 is 0.979 bits per heavy atom. The van der Waals surface area contributed by atoms with Crippen molar-refractivity contribution in [3.63, 3.8) is 0 Å². The third kappa shape index (κ3) is 8.28. The molecule has 0 saturated carbocycles. The van der Waals surface area contributed by atoms with E-state index in [1.807, 2.05) is 0 Å². The zero-order valence-electron chi connectivity index (χ0n) is 25.8. The fourth-order valence-electron chi connectivity index (χ4n) is 5.31. The summed E-state index contributed by atoms with van der Waals surface area (Å²) >= 11 is 12.2. The smallest absolute Gasteiger partial charge is 0.435 e. The van der Waals surface area contributed by atoms with Gasteiger partial charge in [-0.05, 0) is 41.8 Å². The first-order valence-electron chi connectivity index (χ1n) is 14.8. The number of methoxy groups -OCH3 is 1. The number of alkyl halides is 3. The number of imidazole rings is 1. The largest absolute Gasteiger partial charge is 0.491 e. The second-order valence-corrected chi connectivity index (χ2v) is 11.9. The number of carbonyl (C=O) groups excluding carboxylic acids is 1. The molecular formula is C32H34Cl2F3N5O5. The predicted octanol–water partition coefficient (Wildman–Crippen LogP) is 5.66. The van der Waals surface area contributed by atoms with Crippen LogP contribution in [0.25, 0.3) is 11.1 Å². The Labute approximate surface area is 279 Å². The highest BCUT2D eigenvalue weighted by atomic mass is 35.5. The number of nitrogens with zero attached hydrogens (tertiary/aromatic N) is 4. The van der Waals surface area contributed by atoms with E-state index in [4.69, 9.17) is 47.6 Å². The van der Waals surface area contributed by atoms with Gasteiger partial charge in [0.05, 0.1) is 74.3 Å². The van der Waals surface area contributed by atoms with Gasteiger partial charge in [0.1, 0.15) is 5.75 Å². The number of rotatable bonds is 14. The molecule has 2 aromatic heterocycles. The molecule has 10 nitrogen and oxygen atoms in total. The van der Waals surface area contributed by atoms with Crippen LogP contribution in [0.1, 0.15) is 27.2 Å². The zero-order chi connectivity index (χ0) is 33.7. The first-order chi connectivity index (χ1) is 22.5. The molecule has 3 heterocycles. The Morgan fingerprint density at radius 3 is 2.38 bits per heavy atom. The Bertz CT molecular complexity index is 1790. The monoisotopic (exact) mass is 695 g/mol. The summed E-state index contributed by atoms with van der Waals surface area (Å²) < 4.78 is 69.5. The standard InChI is InChI=1S/C32H34Cl2F3N5O5/c1-40-5-6-41(31(40)38)17-21-14-23(25-18-42(39-30(25)32(35,36)37)7-8-45-11-12-46-10-9-44-2)29-24(15-21)28(43)22(19-47-29)13-20-3-4-26(33)27(34)16-20/h3-6,14-16,18,22,38H,7-13,17,19H2,1-2H3/t22-/m1/s1. The number of hydrogen-bond donors (Lipinski definition) is 1. The third-order valence-corrected chi connectivity index (χ3v) is 8.44. The van der Waals surface area contributed by atoms with Gasteiger partial charge in [0.25, 0.3) is 0 Å². The number of benzene rings is 2. The van der Waals surface area contributed by atoms with E-state index < -0.39 is 17.8 Å². The number of ketones is 1. The van der Waals surface area contributed by atoms with E-state index in [2.05, 4.69) is 5.10 Å². The summed E-state index contributed by atoms with van der Waals surface area (Å²) in [5.41, 5.74) is 0.387. The van der Waals surface area contributed by atoms with Crippen molar-refractivity contribution in [2.24, 2.45) is 13.0 Å². The van der Waals surface area contributed by atoms with Crippen molar-refractivity contribution in [2.75, 3.05) is 46.8 Å². The van der Waals surface area contributed by atoms with Crippen molar-refractivity contribution in [3.05, 3.63) is 87.0 Å². The molecule has 1 aliphatic rings. The minimum absolute atomic E-state index is 0.0431. The molecule has 0 saturated heterocycles. The molecule has 1 aliphatic heterocycles. The molecule has 4 aromatic rings. The van der Waals surface area contributed by atoms with Gasteiger partial charge >= 0.3 is 6.18 Å². The fraction of sp³-hybridized carbons (Fsp3) is 0.406. The first-order valence-corrected chi connectivity index (χ1v) is 15.6. The molecule has 1 atom stereocenters. The highest BCUT2D eigenvalue weighted by Gasteiger charge is 2.40. The van der Waals surface area contributed by atoms with Gasteiger partial charge in [0.2, 0.25) is 5.62 Å². The van der Waals surface area contributed by atoms with Crippen molar-refractivity contribution in [3.8, 4) is 16.9 Å². The molecule has 0 bridgehead atoms. The van der Waals surface area contributed by atoms with Crippen LogP contribution in [0, 0.1) is 11.3 Å². The normalized spacial score (nSPS) is 14.8. The highest BCUT2D eigenvalue weighted by molar-refractivity contribution is 6.42. The summed E-state index contributed by atoms with van der Waals surface area (Å²) in [6.07, 6.45) is 0.179. The van der Waals surface area contributed by atoms with E-state index in [0.29, 0.717) is 41.9 Å². The molecule has 252 valence electrons. The van der Waals surface area contributed by atoms with Gasteiger partial charge in [-0.3, -0.25) is 14.9 Å². The van der Waals surface area contributed by atoms with E-state index in [-0.39, 0.29) is 66.8 Å². The van der Waals surface area contributed by atoms with Gasteiger partial charge in [-0.25, -0.2) is 0 Å². The quantitative estimate of drug-likeness (QED) is 0.171. The molecule has 0 amide bonds. The second-order valence-electron chi connectivity index (χ2n) is 11.1. The van der Waals surface area contributed by atoms with Crippen molar-refractivity contribution in [1.29, 1.82) is 5.41 Å². The second kappa shape index (κ2) is 15.1. The maximum Gasteiger partial charge on any atom is 0.435 e. The average Bonchev–Trinajstić information content (AvgIpc) is 3.61. The molecule has 0 aliphatic carbocycles. The lowest BCUT2D eigenvalue weighted by molar-refractivity contribution is -0.141. The van der Waals surface area contributed by atoms with Crippen LogP contribution in [-0.2, 0) is 46.9 Å². The molecule has 47 heavy (non-hydrogen) atoms. The summed E-state index contributed by atoms with van der Waals surface area (Å²) in [6, 6.07) is 8.28. The average molecular weight is 697 g/mol. The van der Waals surface area contributed by atoms with E-state index in [0.717, 1.165) is 5.56 Å². The molecule has 2 aromatic carbocycles. The third-order valence-electron chi connectivity index (χ3n) is 7.70. The minimum atomic E-state index is -4.79. The molecule has 1 N–H and O–H groups in total. The number of fused-ring (bicyclic) bond motifs is 1. The molecular weight excluding hydrogens is 662 g/mol. The number of nitrogens with one attached hydrogen (secondary N) is 1. The summed E-state index contributed by atoms with van der Waals surface area (Å²) in [4.78, 5) is 13.9. The van der Waals surface area contributed by atoms with Gasteiger partial charge in [-0.15, -0.1) is 0 Å². The van der Waals surface area contributed by atoms with Crippen LogP contribution in [0.2, 0.25) is 10.0 Å². The first kappa shape index (κ1) is 34.7. The van der Waals surface area contributed by atoms with Crippen LogP contribution in [0.5, 0.6) is 5.75 Å².